The lowest BCUT2D eigenvalue weighted by Gasteiger charge is -2.17. The Labute approximate surface area is 127 Å². The van der Waals surface area contributed by atoms with Crippen molar-refractivity contribution in [2.45, 2.75) is 25.8 Å². The predicted molar refractivity (Wildman–Crippen MR) is 83.8 cm³/mol. The average Bonchev–Trinajstić information content (AvgIpc) is 2.44. The molecule has 0 amide bonds. The molecule has 0 saturated heterocycles. The molecule has 2 nitrogen and oxygen atoms in total. The molecule has 2 aromatic rings. The third-order valence-electron chi connectivity index (χ3n) is 3.41. The van der Waals surface area contributed by atoms with Crippen LogP contribution in [0.3, 0.4) is 0 Å². The van der Waals surface area contributed by atoms with Crippen LogP contribution in [0.25, 0.3) is 0 Å². The highest BCUT2D eigenvalue weighted by atomic mass is 79.9. The van der Waals surface area contributed by atoms with E-state index in [4.69, 9.17) is 5.84 Å². The van der Waals surface area contributed by atoms with Crippen molar-refractivity contribution in [2.75, 3.05) is 0 Å². The maximum Gasteiger partial charge on any atom is 0.123 e. The Morgan fingerprint density at radius 3 is 2.50 bits per heavy atom. The van der Waals surface area contributed by atoms with Crippen molar-refractivity contribution in [3.63, 3.8) is 0 Å². The van der Waals surface area contributed by atoms with Gasteiger partial charge in [-0.2, -0.15) is 0 Å². The van der Waals surface area contributed by atoms with Gasteiger partial charge in [0, 0.05) is 10.5 Å². The highest BCUT2D eigenvalue weighted by Gasteiger charge is 2.11. The van der Waals surface area contributed by atoms with E-state index < -0.39 is 0 Å². The molecular weight excluding hydrogens is 319 g/mol. The predicted octanol–water partition coefficient (Wildman–Crippen LogP) is 3.51. The summed E-state index contributed by atoms with van der Waals surface area (Å²) in [6, 6.07) is 13.1. The lowest BCUT2D eigenvalue weighted by Crippen LogP contribution is -2.38. The van der Waals surface area contributed by atoms with Crippen molar-refractivity contribution in [1.82, 2.24) is 5.43 Å². The molecule has 0 saturated carbocycles. The molecule has 4 heteroatoms. The Hall–Kier alpha value is -1.23. The lowest BCUT2D eigenvalue weighted by atomic mass is 9.97. The molecule has 1 unspecified atom stereocenters. The van der Waals surface area contributed by atoms with Crippen LogP contribution >= 0.6 is 15.9 Å². The summed E-state index contributed by atoms with van der Waals surface area (Å²) in [5.74, 6) is 5.43. The van der Waals surface area contributed by atoms with Gasteiger partial charge in [0.05, 0.1) is 0 Å². The highest BCUT2D eigenvalue weighted by Crippen LogP contribution is 2.16. The van der Waals surface area contributed by atoms with E-state index in [2.05, 4.69) is 33.5 Å². The number of nitrogens with one attached hydrogen (secondary N) is 1. The van der Waals surface area contributed by atoms with Gasteiger partial charge < -0.3 is 0 Å². The van der Waals surface area contributed by atoms with Gasteiger partial charge in [0.1, 0.15) is 5.82 Å². The van der Waals surface area contributed by atoms with E-state index in [-0.39, 0.29) is 11.9 Å². The normalized spacial score (nSPS) is 12.4. The first-order chi connectivity index (χ1) is 9.58. The SMILES string of the molecule is Cc1ccc(F)cc1CC(Cc1ccc(Br)cc1)NN. The topological polar surface area (TPSA) is 38.0 Å². The van der Waals surface area contributed by atoms with Gasteiger partial charge in [0.15, 0.2) is 0 Å². The quantitative estimate of drug-likeness (QED) is 0.647. The van der Waals surface area contributed by atoms with Crippen LogP contribution in [0.15, 0.2) is 46.9 Å². The van der Waals surface area contributed by atoms with E-state index in [1.165, 1.54) is 11.6 Å². The molecule has 0 radical (unpaired) electrons. The smallest absolute Gasteiger partial charge is 0.123 e. The Bertz CT molecular complexity index is 569. The van der Waals surface area contributed by atoms with Crippen LogP contribution in [-0.4, -0.2) is 6.04 Å². The molecule has 0 heterocycles. The zero-order valence-corrected chi connectivity index (χ0v) is 13.0. The first kappa shape index (κ1) is 15.2. The van der Waals surface area contributed by atoms with Gasteiger partial charge in [0.25, 0.3) is 0 Å². The molecule has 2 rings (SSSR count). The first-order valence-corrected chi connectivity index (χ1v) is 7.33. The summed E-state index contributed by atoms with van der Waals surface area (Å²) >= 11 is 3.42. The minimum absolute atomic E-state index is 0.0803. The van der Waals surface area contributed by atoms with E-state index >= 15 is 0 Å². The largest absolute Gasteiger partial charge is 0.271 e. The van der Waals surface area contributed by atoms with Crippen LogP contribution in [0.4, 0.5) is 4.39 Å². The van der Waals surface area contributed by atoms with E-state index in [9.17, 15) is 4.39 Å². The first-order valence-electron chi connectivity index (χ1n) is 6.54. The van der Waals surface area contributed by atoms with E-state index in [0.717, 1.165) is 22.0 Å². The summed E-state index contributed by atoms with van der Waals surface area (Å²) in [7, 11) is 0. The summed E-state index contributed by atoms with van der Waals surface area (Å²) in [6.45, 7) is 1.99. The second-order valence-electron chi connectivity index (χ2n) is 4.97. The maximum absolute atomic E-state index is 13.3. The van der Waals surface area contributed by atoms with Crippen LogP contribution < -0.4 is 11.3 Å². The second-order valence-corrected chi connectivity index (χ2v) is 5.88. The Kier molecular flexibility index (Phi) is 5.29. The lowest BCUT2D eigenvalue weighted by molar-refractivity contribution is 0.519. The minimum atomic E-state index is -0.204. The number of benzene rings is 2. The molecule has 0 aliphatic carbocycles. The van der Waals surface area contributed by atoms with Crippen molar-refractivity contribution in [3.8, 4) is 0 Å². The number of halogens is 2. The summed E-state index contributed by atoms with van der Waals surface area (Å²) in [5.41, 5.74) is 6.10. The van der Waals surface area contributed by atoms with Crippen LogP contribution in [0.5, 0.6) is 0 Å². The molecule has 0 aliphatic heterocycles. The molecule has 2 aromatic carbocycles. The number of rotatable bonds is 5. The average molecular weight is 337 g/mol. The molecule has 3 N–H and O–H groups in total. The van der Waals surface area contributed by atoms with Crippen molar-refractivity contribution >= 4 is 15.9 Å². The van der Waals surface area contributed by atoms with Gasteiger partial charge in [0.2, 0.25) is 0 Å². The van der Waals surface area contributed by atoms with Crippen molar-refractivity contribution < 1.29 is 4.39 Å². The molecule has 1 atom stereocenters. The monoisotopic (exact) mass is 336 g/mol. The number of nitrogens with two attached hydrogens (primary N) is 1. The number of hydrogen-bond donors (Lipinski definition) is 2. The number of aryl methyl sites for hydroxylation is 1. The summed E-state index contributed by atoms with van der Waals surface area (Å²) < 4.78 is 14.4. The van der Waals surface area contributed by atoms with Crippen LogP contribution in [-0.2, 0) is 12.8 Å². The summed E-state index contributed by atoms with van der Waals surface area (Å²) in [6.07, 6.45) is 1.51. The standard InChI is InChI=1S/C16H18BrFN2/c1-11-2-7-15(18)9-13(11)10-16(20-19)8-12-3-5-14(17)6-4-12/h2-7,9,16,20H,8,10,19H2,1H3. The van der Waals surface area contributed by atoms with E-state index in [1.807, 2.05) is 19.1 Å². The molecule has 0 fully saturated rings. The molecule has 0 aliphatic rings. The fourth-order valence-electron chi connectivity index (χ4n) is 2.22. The minimum Gasteiger partial charge on any atom is -0.271 e. The van der Waals surface area contributed by atoms with Crippen LogP contribution in [0.1, 0.15) is 16.7 Å². The third-order valence-corrected chi connectivity index (χ3v) is 3.94. The van der Waals surface area contributed by atoms with Crippen molar-refractivity contribution in [3.05, 3.63) is 69.4 Å². The third kappa shape index (κ3) is 4.13. The molecule has 0 spiro atoms. The van der Waals surface area contributed by atoms with E-state index in [0.29, 0.717) is 6.42 Å². The van der Waals surface area contributed by atoms with Crippen LogP contribution in [0.2, 0.25) is 0 Å². The summed E-state index contributed by atoms with van der Waals surface area (Å²) in [5, 5.41) is 0. The maximum atomic E-state index is 13.3. The molecular formula is C16H18BrFN2. The van der Waals surface area contributed by atoms with Gasteiger partial charge in [-0.1, -0.05) is 34.1 Å². The van der Waals surface area contributed by atoms with Gasteiger partial charge in [-0.05, 0) is 60.7 Å². The Balaban J connectivity index is 2.08. The highest BCUT2D eigenvalue weighted by molar-refractivity contribution is 9.10. The van der Waals surface area contributed by atoms with Crippen LogP contribution in [0, 0.1) is 12.7 Å². The van der Waals surface area contributed by atoms with Gasteiger partial charge >= 0.3 is 0 Å². The van der Waals surface area contributed by atoms with Gasteiger partial charge in [-0.15, -0.1) is 0 Å². The zero-order valence-electron chi connectivity index (χ0n) is 11.4. The molecule has 106 valence electrons. The fourth-order valence-corrected chi connectivity index (χ4v) is 2.48. The van der Waals surface area contributed by atoms with E-state index in [1.54, 1.807) is 12.1 Å². The van der Waals surface area contributed by atoms with Gasteiger partial charge in [-0.3, -0.25) is 11.3 Å². The summed E-state index contributed by atoms with van der Waals surface area (Å²) in [4.78, 5) is 0. The second kappa shape index (κ2) is 6.97. The molecule has 20 heavy (non-hydrogen) atoms. The molecule has 0 bridgehead atoms. The Morgan fingerprint density at radius 2 is 1.85 bits per heavy atom. The zero-order chi connectivity index (χ0) is 14.5. The fraction of sp³-hybridized carbons (Fsp3) is 0.250. The van der Waals surface area contributed by atoms with Crippen molar-refractivity contribution in [2.24, 2.45) is 5.84 Å². The molecule has 0 aromatic heterocycles. The van der Waals surface area contributed by atoms with Gasteiger partial charge in [-0.25, -0.2) is 4.39 Å². The van der Waals surface area contributed by atoms with Crippen molar-refractivity contribution in [1.29, 1.82) is 0 Å². The number of hydrogen-bond acceptors (Lipinski definition) is 2. The Morgan fingerprint density at radius 1 is 1.15 bits per heavy atom. The number of hydrazine groups is 1.